The monoisotopic (exact) mass is 703 g/mol. The van der Waals surface area contributed by atoms with Crippen LogP contribution in [-0.2, 0) is 22.4 Å². The molecular weight excluding hydrogens is 671 g/mol. The summed E-state index contributed by atoms with van der Waals surface area (Å²) in [4.78, 5) is 29.1. The first kappa shape index (κ1) is 34.2. The lowest BCUT2D eigenvalue weighted by Crippen LogP contribution is -2.39. The molecule has 0 saturated heterocycles. The summed E-state index contributed by atoms with van der Waals surface area (Å²) in [6, 6.07) is 26.6. The number of benzene rings is 4. The number of ether oxygens (including phenoxy) is 1. The Bertz CT molecular complexity index is 2170. The van der Waals surface area contributed by atoms with Gasteiger partial charge >= 0.3 is 6.18 Å². The minimum absolute atomic E-state index is 0.0333. The third kappa shape index (κ3) is 6.92. The number of halogens is 3. The molecule has 2 amide bonds. The van der Waals surface area contributed by atoms with Crippen molar-refractivity contribution in [2.75, 3.05) is 43.2 Å². The van der Waals surface area contributed by atoms with Crippen LogP contribution in [0, 0.1) is 0 Å². The number of rotatable bonds is 10. The van der Waals surface area contributed by atoms with Gasteiger partial charge in [0.15, 0.2) is 15.5 Å². The fraction of sp³-hybridized carbons (Fsp3) is 0.194. The highest BCUT2D eigenvalue weighted by atomic mass is 32.2. The van der Waals surface area contributed by atoms with Crippen molar-refractivity contribution in [2.45, 2.75) is 17.5 Å². The van der Waals surface area contributed by atoms with Crippen LogP contribution in [0.4, 0.5) is 24.5 Å². The predicted octanol–water partition coefficient (Wildman–Crippen LogP) is 6.02. The number of para-hydroxylation sites is 1. The van der Waals surface area contributed by atoms with E-state index >= 15 is 0 Å². The number of fused-ring (bicyclic) bond motifs is 1. The van der Waals surface area contributed by atoms with Crippen molar-refractivity contribution in [3.05, 3.63) is 120 Å². The van der Waals surface area contributed by atoms with Gasteiger partial charge in [-0.15, -0.1) is 0 Å². The van der Waals surface area contributed by atoms with Crippen molar-refractivity contribution >= 4 is 33.0 Å². The molecule has 258 valence electrons. The van der Waals surface area contributed by atoms with Crippen molar-refractivity contribution < 1.29 is 35.9 Å². The minimum atomic E-state index is -4.87. The van der Waals surface area contributed by atoms with Gasteiger partial charge < -0.3 is 20.3 Å². The molecule has 2 heterocycles. The molecule has 1 aliphatic rings. The average molecular weight is 704 g/mol. The van der Waals surface area contributed by atoms with Gasteiger partial charge in [-0.1, -0.05) is 48.5 Å². The smallest absolute Gasteiger partial charge is 0.435 e. The van der Waals surface area contributed by atoms with Crippen LogP contribution in [0.15, 0.2) is 102 Å². The van der Waals surface area contributed by atoms with Gasteiger partial charge in [-0.3, -0.25) is 9.59 Å². The molecule has 4 aromatic carbocycles. The van der Waals surface area contributed by atoms with E-state index in [4.69, 9.17) is 4.74 Å². The van der Waals surface area contributed by atoms with Crippen LogP contribution < -0.4 is 20.3 Å². The van der Waals surface area contributed by atoms with E-state index < -0.39 is 33.5 Å². The van der Waals surface area contributed by atoms with Crippen LogP contribution in [0.25, 0.3) is 16.8 Å². The second-order valence-electron chi connectivity index (χ2n) is 11.5. The predicted molar refractivity (Wildman–Crippen MR) is 183 cm³/mol. The number of sulfone groups is 1. The number of nitrogens with one attached hydrogen (secondary N) is 2. The van der Waals surface area contributed by atoms with Crippen molar-refractivity contribution in [2.24, 2.45) is 0 Å². The number of carbonyl (C=O) groups is 2. The van der Waals surface area contributed by atoms with Gasteiger partial charge in [-0.05, 0) is 60.5 Å². The molecule has 0 bridgehead atoms. The SMILES string of the molecule is COc1ccc(-n2nc(C(F)(F)F)c3c2C(=O)N(c2ccc(-c4ccccc4S(C)(=O)=O)cc2)CC3)c(C(=O)NCCNc2ccccc2)c1. The number of amides is 2. The van der Waals surface area contributed by atoms with Crippen molar-refractivity contribution in [3.8, 4) is 22.6 Å². The highest BCUT2D eigenvalue weighted by molar-refractivity contribution is 7.90. The number of carbonyl (C=O) groups excluding carboxylic acids is 2. The van der Waals surface area contributed by atoms with E-state index in [2.05, 4.69) is 15.7 Å². The maximum Gasteiger partial charge on any atom is 0.435 e. The summed E-state index contributed by atoms with van der Waals surface area (Å²) in [6.07, 6.45) is -3.91. The van der Waals surface area contributed by atoms with Crippen LogP contribution in [0.3, 0.4) is 0 Å². The number of nitrogens with zero attached hydrogens (tertiary/aromatic N) is 3. The zero-order chi connectivity index (χ0) is 35.6. The molecule has 1 aliphatic heterocycles. The first-order valence-electron chi connectivity index (χ1n) is 15.5. The molecule has 0 radical (unpaired) electrons. The lowest BCUT2D eigenvalue weighted by molar-refractivity contribution is -0.141. The summed E-state index contributed by atoms with van der Waals surface area (Å²) >= 11 is 0. The minimum Gasteiger partial charge on any atom is -0.497 e. The fourth-order valence-corrected chi connectivity index (χ4v) is 6.81. The molecule has 0 fully saturated rings. The lowest BCUT2D eigenvalue weighted by Gasteiger charge is -2.28. The van der Waals surface area contributed by atoms with Crippen LogP contribution in [0.1, 0.15) is 32.1 Å². The average Bonchev–Trinajstić information content (AvgIpc) is 3.51. The summed E-state index contributed by atoms with van der Waals surface area (Å²) in [6.45, 7) is 0.494. The lowest BCUT2D eigenvalue weighted by atomic mass is 10.0. The number of hydrogen-bond acceptors (Lipinski definition) is 7. The summed E-state index contributed by atoms with van der Waals surface area (Å²) in [7, 11) is -2.14. The second-order valence-corrected chi connectivity index (χ2v) is 13.5. The first-order chi connectivity index (χ1) is 23.9. The van der Waals surface area contributed by atoms with Crippen LogP contribution in [0.2, 0.25) is 0 Å². The summed E-state index contributed by atoms with van der Waals surface area (Å²) in [5, 5.41) is 9.83. The quantitative estimate of drug-likeness (QED) is 0.171. The number of alkyl halides is 3. The highest BCUT2D eigenvalue weighted by Gasteiger charge is 2.43. The zero-order valence-electron chi connectivity index (χ0n) is 27.0. The Hall–Kier alpha value is -5.63. The van der Waals surface area contributed by atoms with Crippen molar-refractivity contribution in [1.29, 1.82) is 0 Å². The second kappa shape index (κ2) is 13.7. The largest absolute Gasteiger partial charge is 0.497 e. The Balaban J connectivity index is 1.34. The molecule has 0 atom stereocenters. The number of methoxy groups -OCH3 is 1. The maximum absolute atomic E-state index is 14.3. The van der Waals surface area contributed by atoms with E-state index in [1.165, 1.54) is 36.3 Å². The van der Waals surface area contributed by atoms with Gasteiger partial charge in [0.2, 0.25) is 0 Å². The first-order valence-corrected chi connectivity index (χ1v) is 17.4. The zero-order valence-corrected chi connectivity index (χ0v) is 27.8. The molecule has 6 rings (SSSR count). The van der Waals surface area contributed by atoms with E-state index in [9.17, 15) is 31.2 Å². The summed E-state index contributed by atoms with van der Waals surface area (Å²) < 4.78 is 74.0. The molecular formula is C36H32F3N5O5S. The summed E-state index contributed by atoms with van der Waals surface area (Å²) in [5.41, 5.74) is 0.425. The fourth-order valence-electron chi connectivity index (χ4n) is 5.90. The van der Waals surface area contributed by atoms with Gasteiger partial charge in [0, 0.05) is 48.4 Å². The molecule has 0 spiro atoms. The van der Waals surface area contributed by atoms with Gasteiger partial charge in [0.1, 0.15) is 11.4 Å². The van der Waals surface area contributed by atoms with Crippen LogP contribution in [-0.4, -0.2) is 63.0 Å². The van der Waals surface area contributed by atoms with E-state index in [-0.39, 0.29) is 52.7 Å². The van der Waals surface area contributed by atoms with Crippen LogP contribution in [0.5, 0.6) is 5.75 Å². The van der Waals surface area contributed by atoms with Gasteiger partial charge in [-0.25, -0.2) is 13.1 Å². The number of aromatic nitrogens is 2. The third-order valence-electron chi connectivity index (χ3n) is 8.25. The standard InChI is InChI=1S/C36H32F3N5O5S/c1-49-26-16-17-30(29(22-26)34(45)41-20-19-40-24-8-4-3-5-9-24)44-32-28(33(42-44)36(37,38)39)18-21-43(35(32)46)25-14-12-23(13-15-25)27-10-6-7-11-31(27)50(2,47)48/h3-17,22,40H,18-21H2,1-2H3,(H,41,45). The van der Waals surface area contributed by atoms with Gasteiger partial charge in [0.25, 0.3) is 11.8 Å². The highest BCUT2D eigenvalue weighted by Crippen LogP contribution is 2.38. The van der Waals surface area contributed by atoms with Gasteiger partial charge in [0.05, 0.1) is 23.3 Å². The molecule has 0 saturated carbocycles. The van der Waals surface area contributed by atoms with E-state index in [1.807, 2.05) is 30.3 Å². The molecule has 1 aromatic heterocycles. The third-order valence-corrected chi connectivity index (χ3v) is 9.41. The Morgan fingerprint density at radius 1 is 0.940 bits per heavy atom. The molecule has 5 aromatic rings. The normalized spacial score (nSPS) is 13.1. The Kier molecular flexibility index (Phi) is 9.39. The molecule has 14 heteroatoms. The van der Waals surface area contributed by atoms with E-state index in [0.29, 0.717) is 23.4 Å². The van der Waals surface area contributed by atoms with Crippen molar-refractivity contribution in [1.82, 2.24) is 15.1 Å². The Morgan fingerprint density at radius 3 is 2.32 bits per heavy atom. The number of anilines is 2. The molecule has 2 N–H and O–H groups in total. The Morgan fingerprint density at radius 2 is 1.64 bits per heavy atom. The van der Waals surface area contributed by atoms with Gasteiger partial charge in [-0.2, -0.15) is 18.3 Å². The van der Waals surface area contributed by atoms with E-state index in [1.54, 1.807) is 42.5 Å². The number of hydrogen-bond donors (Lipinski definition) is 2. The van der Waals surface area contributed by atoms with Crippen LogP contribution >= 0.6 is 0 Å². The molecule has 0 unspecified atom stereocenters. The Labute approximate surface area is 286 Å². The van der Waals surface area contributed by atoms with Crippen molar-refractivity contribution in [3.63, 3.8) is 0 Å². The molecule has 50 heavy (non-hydrogen) atoms. The molecule has 0 aliphatic carbocycles. The molecule has 10 nitrogen and oxygen atoms in total. The maximum atomic E-state index is 14.3. The summed E-state index contributed by atoms with van der Waals surface area (Å²) in [5.74, 6) is -1.06. The van der Waals surface area contributed by atoms with E-state index in [0.717, 1.165) is 16.6 Å². The topological polar surface area (TPSA) is 123 Å².